The van der Waals surface area contributed by atoms with Gasteiger partial charge in [-0.3, -0.25) is 19.8 Å². The Labute approximate surface area is 241 Å². The second-order valence-electron chi connectivity index (χ2n) is 9.30. The highest BCUT2D eigenvalue weighted by Gasteiger charge is 2.49. The van der Waals surface area contributed by atoms with E-state index in [2.05, 4.69) is 9.97 Å². The number of amides is 2. The number of oxazole rings is 1. The Morgan fingerprint density at radius 1 is 1.05 bits per heavy atom. The molecule has 5 rings (SSSR count). The lowest BCUT2D eigenvalue weighted by Crippen LogP contribution is -2.41. The normalized spacial score (nSPS) is 18.4. The van der Waals surface area contributed by atoms with Gasteiger partial charge in [-0.15, -0.1) is 23.7 Å². The van der Waals surface area contributed by atoms with Crippen molar-refractivity contribution in [1.82, 2.24) is 20.3 Å². The largest absolute Gasteiger partial charge is 0.444 e. The van der Waals surface area contributed by atoms with E-state index in [9.17, 15) is 23.2 Å². The van der Waals surface area contributed by atoms with Gasteiger partial charge in [-0.25, -0.2) is 18.9 Å². The van der Waals surface area contributed by atoms with Crippen molar-refractivity contribution in [2.45, 2.75) is 24.0 Å². The van der Waals surface area contributed by atoms with Gasteiger partial charge in [-0.2, -0.15) is 0 Å². The molecule has 0 bridgehead atoms. The predicted octanol–water partition coefficient (Wildman–Crippen LogP) is 3.87. The molecule has 210 valence electrons. The summed E-state index contributed by atoms with van der Waals surface area (Å²) in [6.45, 7) is 0.168. The van der Waals surface area contributed by atoms with Crippen LogP contribution < -0.4 is 5.48 Å². The van der Waals surface area contributed by atoms with Crippen LogP contribution in [0.2, 0.25) is 0 Å². The Hall–Kier alpha value is -3.58. The summed E-state index contributed by atoms with van der Waals surface area (Å²) in [5.74, 6) is -0.683. The third-order valence-electron chi connectivity index (χ3n) is 6.95. The van der Waals surface area contributed by atoms with Gasteiger partial charge >= 0.3 is 0 Å². The van der Waals surface area contributed by atoms with Gasteiger partial charge in [-0.05, 0) is 35.7 Å². The second kappa shape index (κ2) is 12.3. The zero-order chi connectivity index (χ0) is 27.5. The van der Waals surface area contributed by atoms with Crippen molar-refractivity contribution >= 4 is 45.4 Å². The minimum absolute atomic E-state index is 0. The molecule has 4 aromatic rings. The third-order valence-corrected chi connectivity index (χ3v) is 10.9. The average Bonchev–Trinajstić information content (AvgIpc) is 3.64. The molecule has 4 heterocycles. The fourth-order valence-electron chi connectivity index (χ4n) is 4.80. The summed E-state index contributed by atoms with van der Waals surface area (Å²) >= 11 is 1.28. The molecule has 1 unspecified atom stereocenters. The van der Waals surface area contributed by atoms with E-state index in [-0.39, 0.29) is 50.0 Å². The number of pyridine rings is 1. The van der Waals surface area contributed by atoms with Gasteiger partial charge < -0.3 is 9.32 Å². The Morgan fingerprint density at radius 3 is 2.50 bits per heavy atom. The monoisotopic (exact) mass is 602 g/mol. The van der Waals surface area contributed by atoms with E-state index in [1.54, 1.807) is 42.3 Å². The van der Waals surface area contributed by atoms with E-state index in [0.717, 1.165) is 21.6 Å². The zero-order valence-corrected chi connectivity index (χ0v) is 23.7. The van der Waals surface area contributed by atoms with Crippen LogP contribution in [0.4, 0.5) is 0 Å². The maximum Gasteiger partial charge on any atom is 0.245 e. The molecule has 1 aliphatic heterocycles. The molecule has 1 aliphatic rings. The molecule has 0 radical (unpaired) electrons. The van der Waals surface area contributed by atoms with Gasteiger partial charge in [0.05, 0.1) is 24.8 Å². The lowest BCUT2D eigenvalue weighted by Gasteiger charge is -2.30. The number of carbonyl (C=O) groups excluding carboxylic acids is 2. The number of halogens is 1. The Bertz CT molecular complexity index is 1560. The van der Waals surface area contributed by atoms with E-state index < -0.39 is 26.9 Å². The fourth-order valence-corrected chi connectivity index (χ4v) is 8.41. The number of aromatic nitrogens is 2. The molecule has 40 heavy (non-hydrogen) atoms. The number of sulfone groups is 1. The van der Waals surface area contributed by atoms with Crippen molar-refractivity contribution < 1.29 is 27.6 Å². The van der Waals surface area contributed by atoms with Gasteiger partial charge in [0.2, 0.25) is 11.8 Å². The first-order chi connectivity index (χ1) is 18.8. The van der Waals surface area contributed by atoms with Gasteiger partial charge in [-0.1, -0.05) is 30.3 Å². The average molecular weight is 603 g/mol. The molecule has 1 fully saturated rings. The standard InChI is InChI=1S/C27H26N4O6S2.ClH/c32-25(30-34)15-27(9-11-31(12-13-39(27,35)36)26(33)14-19-2-1-10-28-16-19)24-8-7-23(38-24)21-5-3-20(4-6-21)22-17-29-18-37-22;/h1-8,10,16-18,34H,9,11-15H2,(H,30,32);1H. The number of hydrogen-bond donors (Lipinski definition) is 2. The van der Waals surface area contributed by atoms with Crippen LogP contribution in [0, 0.1) is 0 Å². The summed E-state index contributed by atoms with van der Waals surface area (Å²) in [5, 5.41) is 9.29. The van der Waals surface area contributed by atoms with E-state index in [1.165, 1.54) is 22.6 Å². The Balaban J connectivity index is 0.00000370. The van der Waals surface area contributed by atoms with Gasteiger partial charge in [0.1, 0.15) is 4.75 Å². The topological polar surface area (TPSA) is 143 Å². The third kappa shape index (κ3) is 5.94. The quantitative estimate of drug-likeness (QED) is 0.240. The lowest BCUT2D eigenvalue weighted by molar-refractivity contribution is -0.130. The van der Waals surface area contributed by atoms with Crippen molar-refractivity contribution in [2.24, 2.45) is 0 Å². The highest BCUT2D eigenvalue weighted by atomic mass is 35.5. The summed E-state index contributed by atoms with van der Waals surface area (Å²) in [5.41, 5.74) is 4.05. The molecule has 1 aromatic carbocycles. The second-order valence-corrected chi connectivity index (χ2v) is 12.8. The molecule has 10 nitrogen and oxygen atoms in total. The summed E-state index contributed by atoms with van der Waals surface area (Å²) in [6, 6.07) is 14.7. The molecule has 13 heteroatoms. The first-order valence-electron chi connectivity index (χ1n) is 12.2. The highest BCUT2D eigenvalue weighted by molar-refractivity contribution is 7.92. The first kappa shape index (κ1) is 29.4. The highest BCUT2D eigenvalue weighted by Crippen LogP contribution is 2.45. The maximum absolute atomic E-state index is 13.8. The number of rotatable bonds is 7. The molecule has 1 saturated heterocycles. The summed E-state index contributed by atoms with van der Waals surface area (Å²) in [7, 11) is -3.91. The fraction of sp³-hybridized carbons (Fsp3) is 0.259. The summed E-state index contributed by atoms with van der Waals surface area (Å²) in [6.07, 6.45) is 5.87. The number of carbonyl (C=O) groups is 2. The van der Waals surface area contributed by atoms with Crippen molar-refractivity contribution in [3.63, 3.8) is 0 Å². The van der Waals surface area contributed by atoms with Crippen LogP contribution in [0.25, 0.3) is 21.8 Å². The van der Waals surface area contributed by atoms with Crippen LogP contribution in [0.3, 0.4) is 0 Å². The van der Waals surface area contributed by atoms with E-state index >= 15 is 0 Å². The molecule has 3 aromatic heterocycles. The Kier molecular flexibility index (Phi) is 9.04. The number of nitrogens with one attached hydrogen (secondary N) is 1. The van der Waals surface area contributed by atoms with E-state index in [0.29, 0.717) is 10.6 Å². The summed E-state index contributed by atoms with van der Waals surface area (Å²) < 4.78 is 31.4. The molecular formula is C27H27ClN4O6S2. The van der Waals surface area contributed by atoms with Crippen molar-refractivity contribution in [3.05, 3.63) is 84.0 Å². The molecule has 0 aliphatic carbocycles. The van der Waals surface area contributed by atoms with Crippen molar-refractivity contribution in [2.75, 3.05) is 18.8 Å². The number of thiophene rings is 1. The number of hydroxylamine groups is 1. The first-order valence-corrected chi connectivity index (χ1v) is 14.7. The van der Waals surface area contributed by atoms with Crippen LogP contribution in [0.15, 0.2) is 77.9 Å². The van der Waals surface area contributed by atoms with Gasteiger partial charge in [0, 0.05) is 40.8 Å². The molecular weight excluding hydrogens is 576 g/mol. The number of benzene rings is 1. The predicted molar refractivity (Wildman–Crippen MR) is 152 cm³/mol. The van der Waals surface area contributed by atoms with Crippen LogP contribution in [0.1, 0.15) is 23.3 Å². The smallest absolute Gasteiger partial charge is 0.245 e. The zero-order valence-electron chi connectivity index (χ0n) is 21.2. The number of nitrogens with zero attached hydrogens (tertiary/aromatic N) is 3. The van der Waals surface area contributed by atoms with Crippen LogP contribution >= 0.6 is 23.7 Å². The van der Waals surface area contributed by atoms with E-state index in [1.807, 2.05) is 30.3 Å². The molecule has 2 amide bonds. The van der Waals surface area contributed by atoms with Crippen molar-refractivity contribution in [3.8, 4) is 21.8 Å². The summed E-state index contributed by atoms with van der Waals surface area (Å²) in [4.78, 5) is 36.3. The van der Waals surface area contributed by atoms with Crippen molar-refractivity contribution in [1.29, 1.82) is 0 Å². The minimum atomic E-state index is -3.91. The molecule has 0 spiro atoms. The van der Waals surface area contributed by atoms with Crippen LogP contribution in [0.5, 0.6) is 0 Å². The minimum Gasteiger partial charge on any atom is -0.444 e. The van der Waals surface area contributed by atoms with Gasteiger partial charge in [0.25, 0.3) is 0 Å². The molecule has 0 saturated carbocycles. The SMILES string of the molecule is Cl.O=C(CC1(c2ccc(-c3ccc(-c4cnco4)cc3)s2)CCN(C(=O)Cc2cccnc2)CCS1(=O)=O)NO. The Morgan fingerprint density at radius 2 is 1.82 bits per heavy atom. The van der Waals surface area contributed by atoms with Crippen LogP contribution in [-0.2, 0) is 30.6 Å². The maximum atomic E-state index is 13.8. The molecule has 2 N–H and O–H groups in total. The number of hydrogen-bond acceptors (Lipinski definition) is 9. The van der Waals surface area contributed by atoms with Gasteiger partial charge in [0.15, 0.2) is 22.0 Å². The molecule has 1 atom stereocenters. The van der Waals surface area contributed by atoms with E-state index in [4.69, 9.17) is 4.42 Å². The lowest BCUT2D eigenvalue weighted by atomic mass is 9.97. The van der Waals surface area contributed by atoms with Crippen LogP contribution in [-0.4, -0.2) is 59.1 Å².